The first kappa shape index (κ1) is 14.9. The van der Waals surface area contributed by atoms with Crippen molar-refractivity contribution in [2.75, 3.05) is 13.2 Å². The van der Waals surface area contributed by atoms with Crippen LogP contribution in [0.15, 0.2) is 41.1 Å². The molecule has 0 aliphatic heterocycles. The Morgan fingerprint density at radius 1 is 1.30 bits per heavy atom. The van der Waals surface area contributed by atoms with Gasteiger partial charge < -0.3 is 10.1 Å². The fourth-order valence-corrected chi connectivity index (χ4v) is 2.16. The number of ether oxygens (including phenoxy) is 1. The minimum absolute atomic E-state index is 0.574. The van der Waals surface area contributed by atoms with Crippen molar-refractivity contribution in [3.05, 3.63) is 52.4 Å². The van der Waals surface area contributed by atoms with Gasteiger partial charge in [-0.25, -0.2) is 4.98 Å². The average molecular weight is 336 g/mol. The molecule has 0 aliphatic carbocycles. The average Bonchev–Trinajstić information content (AvgIpc) is 2.48. The largest absolute Gasteiger partial charge is 0.477 e. The smallest absolute Gasteiger partial charge is 0.217 e. The predicted molar refractivity (Wildman–Crippen MR) is 82.8 cm³/mol. The first-order chi connectivity index (χ1) is 9.79. The molecule has 0 aromatic carbocycles. The minimum atomic E-state index is 0.574. The lowest BCUT2D eigenvalue weighted by Gasteiger charge is -2.11. The van der Waals surface area contributed by atoms with Crippen molar-refractivity contribution >= 4 is 15.9 Å². The van der Waals surface area contributed by atoms with Crippen LogP contribution in [-0.2, 0) is 13.0 Å². The van der Waals surface area contributed by atoms with Gasteiger partial charge in [0.05, 0.1) is 6.61 Å². The zero-order chi connectivity index (χ0) is 14.2. The lowest BCUT2D eigenvalue weighted by Crippen LogP contribution is -2.14. The number of hydrogen-bond donors (Lipinski definition) is 1. The Kier molecular flexibility index (Phi) is 5.95. The highest BCUT2D eigenvalue weighted by molar-refractivity contribution is 9.10. The van der Waals surface area contributed by atoms with Gasteiger partial charge in [0, 0.05) is 41.1 Å². The van der Waals surface area contributed by atoms with Gasteiger partial charge in [-0.15, -0.1) is 0 Å². The van der Waals surface area contributed by atoms with E-state index < -0.39 is 0 Å². The number of pyridine rings is 2. The molecule has 20 heavy (non-hydrogen) atoms. The highest BCUT2D eigenvalue weighted by Gasteiger charge is 2.06. The number of aromatic nitrogens is 2. The van der Waals surface area contributed by atoms with Crippen molar-refractivity contribution in [3.8, 4) is 5.88 Å². The molecule has 2 heterocycles. The molecule has 106 valence electrons. The monoisotopic (exact) mass is 335 g/mol. The summed E-state index contributed by atoms with van der Waals surface area (Å²) < 4.78 is 6.74. The zero-order valence-electron chi connectivity index (χ0n) is 11.5. The summed E-state index contributed by atoms with van der Waals surface area (Å²) in [5, 5.41) is 3.29. The summed E-state index contributed by atoms with van der Waals surface area (Å²) in [6.07, 6.45) is 4.33. The molecule has 2 aromatic heterocycles. The van der Waals surface area contributed by atoms with E-state index in [4.69, 9.17) is 4.74 Å². The number of rotatable bonds is 7. The van der Waals surface area contributed by atoms with Gasteiger partial charge in [0.25, 0.3) is 0 Å². The van der Waals surface area contributed by atoms with E-state index in [1.165, 1.54) is 0 Å². The molecule has 0 spiro atoms. The standard InChI is InChI=1S/C15H18BrN3O/c1-2-17-10-12-9-13(16)11-19-15(12)20-8-6-14-5-3-4-7-18-14/h3-5,7,9,11,17H,2,6,8,10H2,1H3. The second-order valence-corrected chi connectivity index (χ2v) is 5.23. The molecular formula is C15H18BrN3O. The molecule has 0 saturated carbocycles. The van der Waals surface area contributed by atoms with Crippen molar-refractivity contribution in [2.24, 2.45) is 0 Å². The maximum atomic E-state index is 5.78. The Bertz CT molecular complexity index is 534. The third kappa shape index (κ3) is 4.58. The third-order valence-corrected chi connectivity index (χ3v) is 3.21. The van der Waals surface area contributed by atoms with E-state index in [1.807, 2.05) is 24.3 Å². The van der Waals surface area contributed by atoms with Gasteiger partial charge >= 0.3 is 0 Å². The summed E-state index contributed by atoms with van der Waals surface area (Å²) in [7, 11) is 0. The Morgan fingerprint density at radius 3 is 2.95 bits per heavy atom. The SMILES string of the molecule is CCNCc1cc(Br)cnc1OCCc1ccccn1. The number of nitrogens with one attached hydrogen (secondary N) is 1. The molecule has 4 nitrogen and oxygen atoms in total. The van der Waals surface area contributed by atoms with Crippen molar-refractivity contribution in [1.29, 1.82) is 0 Å². The first-order valence-corrected chi connectivity index (χ1v) is 7.46. The van der Waals surface area contributed by atoms with Crippen LogP contribution in [0.4, 0.5) is 0 Å². The van der Waals surface area contributed by atoms with Gasteiger partial charge in [-0.05, 0) is 40.7 Å². The Morgan fingerprint density at radius 2 is 2.20 bits per heavy atom. The summed E-state index contributed by atoms with van der Waals surface area (Å²) in [4.78, 5) is 8.61. The van der Waals surface area contributed by atoms with Crippen molar-refractivity contribution in [2.45, 2.75) is 19.9 Å². The van der Waals surface area contributed by atoms with Crippen LogP contribution in [0.1, 0.15) is 18.2 Å². The molecule has 0 unspecified atom stereocenters. The highest BCUT2D eigenvalue weighted by atomic mass is 79.9. The fraction of sp³-hybridized carbons (Fsp3) is 0.333. The highest BCUT2D eigenvalue weighted by Crippen LogP contribution is 2.20. The molecular weight excluding hydrogens is 318 g/mol. The van der Waals surface area contributed by atoms with Crippen LogP contribution in [-0.4, -0.2) is 23.1 Å². The second-order valence-electron chi connectivity index (χ2n) is 4.32. The molecule has 0 bridgehead atoms. The van der Waals surface area contributed by atoms with Crippen LogP contribution in [0.25, 0.3) is 0 Å². The van der Waals surface area contributed by atoms with Gasteiger partial charge in [-0.1, -0.05) is 13.0 Å². The quantitative estimate of drug-likeness (QED) is 0.844. The van der Waals surface area contributed by atoms with Crippen molar-refractivity contribution in [1.82, 2.24) is 15.3 Å². The molecule has 2 rings (SSSR count). The number of halogens is 1. The van der Waals surface area contributed by atoms with Gasteiger partial charge in [0.2, 0.25) is 5.88 Å². The van der Waals surface area contributed by atoms with Gasteiger partial charge in [0.1, 0.15) is 0 Å². The Balaban J connectivity index is 1.94. The Labute approximate surface area is 127 Å². The van der Waals surface area contributed by atoms with E-state index >= 15 is 0 Å². The van der Waals surface area contributed by atoms with Crippen molar-refractivity contribution in [3.63, 3.8) is 0 Å². The molecule has 0 amide bonds. The molecule has 2 aromatic rings. The number of hydrogen-bond acceptors (Lipinski definition) is 4. The summed E-state index contributed by atoms with van der Waals surface area (Å²) in [5.41, 5.74) is 2.08. The third-order valence-electron chi connectivity index (χ3n) is 2.78. The van der Waals surface area contributed by atoms with Crippen LogP contribution in [0.3, 0.4) is 0 Å². The topological polar surface area (TPSA) is 47.0 Å². The normalized spacial score (nSPS) is 10.5. The first-order valence-electron chi connectivity index (χ1n) is 6.67. The minimum Gasteiger partial charge on any atom is -0.477 e. The zero-order valence-corrected chi connectivity index (χ0v) is 13.1. The van der Waals surface area contributed by atoms with E-state index in [-0.39, 0.29) is 0 Å². The van der Waals surface area contributed by atoms with Crippen LogP contribution >= 0.6 is 15.9 Å². The van der Waals surface area contributed by atoms with Gasteiger partial charge in [-0.3, -0.25) is 4.98 Å². The van der Waals surface area contributed by atoms with Crippen molar-refractivity contribution < 1.29 is 4.74 Å². The van der Waals surface area contributed by atoms with Gasteiger partial charge in [0.15, 0.2) is 0 Å². The summed E-state index contributed by atoms with van der Waals surface area (Å²) in [6, 6.07) is 7.93. The molecule has 0 atom stereocenters. The predicted octanol–water partition coefficient (Wildman–Crippen LogP) is 2.97. The maximum Gasteiger partial charge on any atom is 0.217 e. The molecule has 0 fully saturated rings. The molecule has 0 radical (unpaired) electrons. The maximum absolute atomic E-state index is 5.78. The van der Waals surface area contributed by atoms with Crippen LogP contribution < -0.4 is 10.1 Å². The summed E-state index contributed by atoms with van der Waals surface area (Å²) in [6.45, 7) is 4.32. The van der Waals surface area contributed by atoms with E-state index in [1.54, 1.807) is 12.4 Å². The summed E-state index contributed by atoms with van der Waals surface area (Å²) in [5.74, 6) is 0.685. The van der Waals surface area contributed by atoms with E-state index in [0.29, 0.717) is 12.5 Å². The van der Waals surface area contributed by atoms with Crippen LogP contribution in [0.2, 0.25) is 0 Å². The molecule has 0 aliphatic rings. The molecule has 0 saturated heterocycles. The fourth-order valence-electron chi connectivity index (χ4n) is 1.78. The molecule has 1 N–H and O–H groups in total. The summed E-state index contributed by atoms with van der Waals surface area (Å²) >= 11 is 3.44. The lowest BCUT2D eigenvalue weighted by molar-refractivity contribution is 0.304. The number of nitrogens with zero attached hydrogens (tertiary/aromatic N) is 2. The van der Waals surface area contributed by atoms with Crippen LogP contribution in [0, 0.1) is 0 Å². The van der Waals surface area contributed by atoms with Gasteiger partial charge in [-0.2, -0.15) is 0 Å². The van der Waals surface area contributed by atoms with E-state index in [2.05, 4.69) is 38.1 Å². The van der Waals surface area contributed by atoms with E-state index in [9.17, 15) is 0 Å². The van der Waals surface area contributed by atoms with Crippen LogP contribution in [0.5, 0.6) is 5.88 Å². The lowest BCUT2D eigenvalue weighted by atomic mass is 10.2. The Hall–Kier alpha value is -1.46. The second kappa shape index (κ2) is 7.97. The van der Waals surface area contributed by atoms with E-state index in [0.717, 1.165) is 35.2 Å². The molecule has 5 heteroatoms.